The summed E-state index contributed by atoms with van der Waals surface area (Å²) in [6.07, 6.45) is 5.36. The fraction of sp³-hybridized carbons (Fsp3) is 0.657. The minimum absolute atomic E-state index is 0.164. The van der Waals surface area contributed by atoms with Crippen LogP contribution in [0.4, 0.5) is 5.69 Å². The van der Waals surface area contributed by atoms with E-state index < -0.39 is 0 Å². The zero-order valence-electron chi connectivity index (χ0n) is 28.4. The fourth-order valence-corrected chi connectivity index (χ4v) is 6.81. The summed E-state index contributed by atoms with van der Waals surface area (Å²) in [7, 11) is 3.95. The third kappa shape index (κ3) is 9.54. The van der Waals surface area contributed by atoms with E-state index in [0.29, 0.717) is 35.6 Å². The van der Waals surface area contributed by atoms with Gasteiger partial charge in [-0.05, 0) is 90.1 Å². The van der Waals surface area contributed by atoms with Gasteiger partial charge < -0.3 is 34.3 Å². The zero-order valence-corrected chi connectivity index (χ0v) is 28.4. The maximum absolute atomic E-state index is 13.7. The Bertz CT molecular complexity index is 1300. The van der Waals surface area contributed by atoms with Gasteiger partial charge in [0, 0.05) is 87.0 Å². The second kappa shape index (κ2) is 17.1. The van der Waals surface area contributed by atoms with Crippen LogP contribution in [0.25, 0.3) is 0 Å². The number of rotatable bonds is 15. The third-order valence-electron chi connectivity index (χ3n) is 9.54. The van der Waals surface area contributed by atoms with Crippen molar-refractivity contribution < 1.29 is 19.0 Å². The number of morpholine rings is 1. The SMILES string of the molecule is CCN(c1cc(OCCCN2CCOCC2)cc(C(=O)NCc2c(C)cc(C)[nH]c2=O)c1C)C1CCC(N(C)CCOC)CC1. The molecule has 2 fully saturated rings. The van der Waals surface area contributed by atoms with Crippen molar-refractivity contribution in [2.24, 2.45) is 0 Å². The Balaban J connectivity index is 1.52. The lowest BCUT2D eigenvalue weighted by atomic mass is 9.88. The molecule has 45 heavy (non-hydrogen) atoms. The first-order chi connectivity index (χ1) is 21.7. The molecule has 250 valence electrons. The number of aromatic nitrogens is 1. The van der Waals surface area contributed by atoms with Crippen LogP contribution in [-0.4, -0.2) is 106 Å². The summed E-state index contributed by atoms with van der Waals surface area (Å²) < 4.78 is 17.1. The molecule has 0 atom stereocenters. The Morgan fingerprint density at radius 1 is 1.07 bits per heavy atom. The highest BCUT2D eigenvalue weighted by atomic mass is 16.5. The molecular weight excluding hydrogens is 570 g/mol. The summed E-state index contributed by atoms with van der Waals surface area (Å²) >= 11 is 0. The molecular formula is C35H55N5O5. The lowest BCUT2D eigenvalue weighted by molar-refractivity contribution is 0.0358. The average Bonchev–Trinajstić information content (AvgIpc) is 3.03. The van der Waals surface area contributed by atoms with Gasteiger partial charge in [0.1, 0.15) is 5.75 Å². The number of likely N-dealkylation sites (N-methyl/N-ethyl adjacent to an activating group) is 1. The molecule has 1 amide bonds. The summed E-state index contributed by atoms with van der Waals surface area (Å²) in [6, 6.07) is 6.87. The number of ether oxygens (including phenoxy) is 3. The van der Waals surface area contributed by atoms with Gasteiger partial charge in [0.25, 0.3) is 11.5 Å². The van der Waals surface area contributed by atoms with Gasteiger partial charge in [-0.3, -0.25) is 14.5 Å². The summed E-state index contributed by atoms with van der Waals surface area (Å²) in [6.45, 7) is 15.7. The first kappa shape index (κ1) is 34.9. The number of methoxy groups -OCH3 is 1. The Labute approximate surface area is 269 Å². The lowest BCUT2D eigenvalue weighted by Gasteiger charge is -2.41. The number of anilines is 1. The number of H-pyrrole nitrogens is 1. The molecule has 1 aliphatic heterocycles. The molecule has 2 aromatic rings. The van der Waals surface area contributed by atoms with E-state index in [9.17, 15) is 9.59 Å². The quantitative estimate of drug-likeness (QED) is 0.286. The monoisotopic (exact) mass is 625 g/mol. The molecule has 1 aromatic heterocycles. The van der Waals surface area contributed by atoms with Crippen molar-refractivity contribution in [2.75, 3.05) is 78.2 Å². The van der Waals surface area contributed by atoms with E-state index in [0.717, 1.165) is 107 Å². The van der Waals surface area contributed by atoms with Crippen LogP contribution in [-0.2, 0) is 16.0 Å². The summed E-state index contributed by atoms with van der Waals surface area (Å²) in [4.78, 5) is 36.5. The van der Waals surface area contributed by atoms with Crippen LogP contribution in [0, 0.1) is 20.8 Å². The largest absolute Gasteiger partial charge is 0.493 e. The topological polar surface area (TPSA) is 99.4 Å². The van der Waals surface area contributed by atoms with Crippen LogP contribution in [0.5, 0.6) is 5.75 Å². The number of hydrogen-bond acceptors (Lipinski definition) is 8. The number of pyridine rings is 1. The summed E-state index contributed by atoms with van der Waals surface area (Å²) in [5.41, 5.74) is 4.66. The van der Waals surface area contributed by atoms with Crippen molar-refractivity contribution in [2.45, 2.75) is 78.4 Å². The molecule has 0 spiro atoms. The van der Waals surface area contributed by atoms with E-state index in [-0.39, 0.29) is 18.0 Å². The highest BCUT2D eigenvalue weighted by Crippen LogP contribution is 2.35. The second-order valence-corrected chi connectivity index (χ2v) is 12.6. The number of nitrogens with zero attached hydrogens (tertiary/aromatic N) is 3. The Morgan fingerprint density at radius 2 is 1.78 bits per heavy atom. The van der Waals surface area contributed by atoms with Crippen LogP contribution in [0.3, 0.4) is 0 Å². The smallest absolute Gasteiger partial charge is 0.253 e. The number of nitrogens with one attached hydrogen (secondary N) is 2. The van der Waals surface area contributed by atoms with Gasteiger partial charge in [-0.15, -0.1) is 0 Å². The van der Waals surface area contributed by atoms with Gasteiger partial charge in [0.05, 0.1) is 26.4 Å². The van der Waals surface area contributed by atoms with E-state index >= 15 is 0 Å². The predicted molar refractivity (Wildman–Crippen MR) is 180 cm³/mol. The van der Waals surface area contributed by atoms with Gasteiger partial charge in [-0.1, -0.05) is 0 Å². The van der Waals surface area contributed by atoms with Crippen LogP contribution >= 0.6 is 0 Å². The van der Waals surface area contributed by atoms with Crippen LogP contribution in [0.15, 0.2) is 23.0 Å². The Hall–Kier alpha value is -2.92. The molecule has 0 bridgehead atoms. The highest BCUT2D eigenvalue weighted by Gasteiger charge is 2.29. The predicted octanol–water partition coefficient (Wildman–Crippen LogP) is 4.05. The maximum Gasteiger partial charge on any atom is 0.253 e. The zero-order chi connectivity index (χ0) is 32.3. The molecule has 10 nitrogen and oxygen atoms in total. The second-order valence-electron chi connectivity index (χ2n) is 12.6. The average molecular weight is 626 g/mol. The van der Waals surface area contributed by atoms with Crippen LogP contribution < -0.4 is 20.5 Å². The van der Waals surface area contributed by atoms with E-state index in [1.165, 1.54) is 0 Å². The molecule has 1 aromatic carbocycles. The van der Waals surface area contributed by atoms with E-state index in [4.69, 9.17) is 14.2 Å². The Kier molecular flexibility index (Phi) is 13.3. The number of carbonyl (C=O) groups is 1. The van der Waals surface area contributed by atoms with Crippen molar-refractivity contribution in [3.8, 4) is 5.75 Å². The molecule has 10 heteroatoms. The van der Waals surface area contributed by atoms with Crippen LogP contribution in [0.1, 0.15) is 71.8 Å². The van der Waals surface area contributed by atoms with Gasteiger partial charge in [-0.25, -0.2) is 0 Å². The summed E-state index contributed by atoms with van der Waals surface area (Å²) in [5.74, 6) is 0.505. The van der Waals surface area contributed by atoms with Crippen molar-refractivity contribution in [1.82, 2.24) is 20.1 Å². The molecule has 4 rings (SSSR count). The van der Waals surface area contributed by atoms with Gasteiger partial charge in [-0.2, -0.15) is 0 Å². The van der Waals surface area contributed by atoms with Gasteiger partial charge >= 0.3 is 0 Å². The third-order valence-corrected chi connectivity index (χ3v) is 9.54. The number of carbonyl (C=O) groups excluding carboxylic acids is 1. The Morgan fingerprint density at radius 3 is 2.44 bits per heavy atom. The minimum atomic E-state index is -0.202. The highest BCUT2D eigenvalue weighted by molar-refractivity contribution is 5.97. The lowest BCUT2D eigenvalue weighted by Crippen LogP contribution is -2.44. The van der Waals surface area contributed by atoms with Crippen molar-refractivity contribution in [3.05, 3.63) is 56.5 Å². The first-order valence-corrected chi connectivity index (χ1v) is 16.7. The molecule has 2 N–H and O–H groups in total. The first-order valence-electron chi connectivity index (χ1n) is 16.7. The molecule has 1 aliphatic carbocycles. The standard InChI is InChI=1S/C35H55N5O5/c1-7-40(29-11-9-28(10-12-29)38(5)14-18-43-6)33-23-30(45-17-8-13-39-15-19-44-20-16-39)22-31(27(33)4)34(41)36-24-32-25(2)21-26(3)37-35(32)42/h21-23,28-29H,7-20,24H2,1-6H3,(H,36,41)(H,37,42). The number of aryl methyl sites for hydroxylation is 2. The maximum atomic E-state index is 13.7. The van der Waals surface area contributed by atoms with E-state index in [1.807, 2.05) is 32.9 Å². The molecule has 2 aliphatic rings. The summed E-state index contributed by atoms with van der Waals surface area (Å²) in [5, 5.41) is 3.03. The number of benzene rings is 1. The van der Waals surface area contributed by atoms with Crippen molar-refractivity contribution in [3.63, 3.8) is 0 Å². The molecule has 1 saturated heterocycles. The van der Waals surface area contributed by atoms with E-state index in [2.05, 4.69) is 45.0 Å². The number of amides is 1. The number of aromatic amines is 1. The molecule has 0 unspecified atom stereocenters. The van der Waals surface area contributed by atoms with Crippen LogP contribution in [0.2, 0.25) is 0 Å². The normalized spacial score (nSPS) is 19.1. The minimum Gasteiger partial charge on any atom is -0.493 e. The molecule has 1 saturated carbocycles. The molecule has 0 radical (unpaired) electrons. The number of hydrogen-bond donors (Lipinski definition) is 2. The van der Waals surface area contributed by atoms with Crippen molar-refractivity contribution >= 4 is 11.6 Å². The molecule has 2 heterocycles. The van der Waals surface area contributed by atoms with Gasteiger partial charge in [0.15, 0.2) is 0 Å². The van der Waals surface area contributed by atoms with Gasteiger partial charge in [0.2, 0.25) is 0 Å². The van der Waals surface area contributed by atoms with Crippen molar-refractivity contribution in [1.29, 1.82) is 0 Å². The fourth-order valence-electron chi connectivity index (χ4n) is 6.81. The van der Waals surface area contributed by atoms with E-state index in [1.54, 1.807) is 7.11 Å².